The smallest absolute Gasteiger partial charge is 0.251 e. The molecule has 0 unspecified atom stereocenters. The molecular weight excluding hydrogens is 376 g/mol. The van der Waals surface area contributed by atoms with Gasteiger partial charge in [-0.3, -0.25) is 9.69 Å². The van der Waals surface area contributed by atoms with Crippen molar-refractivity contribution in [1.82, 2.24) is 10.2 Å². The highest BCUT2D eigenvalue weighted by molar-refractivity contribution is 5.94. The Morgan fingerprint density at radius 1 is 1.13 bits per heavy atom. The number of benzene rings is 2. The molecule has 4 rings (SSSR count). The largest absolute Gasteiger partial charge is 0.497 e. The normalized spacial score (nSPS) is 20.7. The van der Waals surface area contributed by atoms with Gasteiger partial charge in [0.25, 0.3) is 5.91 Å². The third-order valence-electron chi connectivity index (χ3n) is 6.05. The molecular formula is C25H32N2O3. The number of fused-ring (bicyclic) bond motifs is 1. The van der Waals surface area contributed by atoms with E-state index in [4.69, 9.17) is 9.47 Å². The fourth-order valence-corrected chi connectivity index (χ4v) is 4.47. The zero-order valence-corrected chi connectivity index (χ0v) is 18.2. The van der Waals surface area contributed by atoms with Crippen molar-refractivity contribution in [1.29, 1.82) is 0 Å². The summed E-state index contributed by atoms with van der Waals surface area (Å²) in [4.78, 5) is 15.5. The molecule has 5 nitrogen and oxygen atoms in total. The third kappa shape index (κ3) is 4.78. The highest BCUT2D eigenvalue weighted by Gasteiger charge is 2.35. The quantitative estimate of drug-likeness (QED) is 0.778. The van der Waals surface area contributed by atoms with E-state index in [1.54, 1.807) is 7.11 Å². The molecule has 2 heterocycles. The summed E-state index contributed by atoms with van der Waals surface area (Å²) in [7, 11) is 1.65. The standard InChI is InChI=1S/C25H32N2O3/c1-25(2)16-22(21-15-20(29-3)11-12-23(21)30-25)26-24(28)19-9-7-18(8-10-19)17-27-13-5-4-6-14-27/h7-12,15,22H,4-6,13-14,16-17H2,1-3H3,(H,26,28)/t22-/m0/s1. The molecule has 0 aromatic heterocycles. The molecule has 1 fully saturated rings. The van der Waals surface area contributed by atoms with Gasteiger partial charge in [0.05, 0.1) is 13.2 Å². The van der Waals surface area contributed by atoms with Crippen LogP contribution in [0.1, 0.15) is 67.1 Å². The van der Waals surface area contributed by atoms with Crippen LogP contribution in [0.4, 0.5) is 0 Å². The number of ether oxygens (including phenoxy) is 2. The Kier molecular flexibility index (Phi) is 6.00. The van der Waals surface area contributed by atoms with Crippen molar-refractivity contribution in [3.8, 4) is 11.5 Å². The van der Waals surface area contributed by atoms with E-state index >= 15 is 0 Å². The summed E-state index contributed by atoms with van der Waals surface area (Å²) < 4.78 is 11.5. The van der Waals surface area contributed by atoms with Crippen LogP contribution in [0.15, 0.2) is 42.5 Å². The summed E-state index contributed by atoms with van der Waals surface area (Å²) >= 11 is 0. The first kappa shape index (κ1) is 20.7. The van der Waals surface area contributed by atoms with Gasteiger partial charge in [0.2, 0.25) is 0 Å². The van der Waals surface area contributed by atoms with E-state index in [-0.39, 0.29) is 17.6 Å². The molecule has 1 amide bonds. The van der Waals surface area contributed by atoms with Crippen LogP contribution >= 0.6 is 0 Å². The molecule has 0 radical (unpaired) electrons. The predicted octanol–water partition coefficient (Wildman–Crippen LogP) is 4.71. The highest BCUT2D eigenvalue weighted by Crippen LogP contribution is 2.41. The SMILES string of the molecule is COc1ccc2c(c1)[C@@H](NC(=O)c1ccc(CN3CCCCC3)cc1)CC(C)(C)O2. The van der Waals surface area contributed by atoms with Gasteiger partial charge in [0.15, 0.2) is 0 Å². The van der Waals surface area contributed by atoms with Crippen LogP contribution < -0.4 is 14.8 Å². The first-order chi connectivity index (χ1) is 14.4. The summed E-state index contributed by atoms with van der Waals surface area (Å²) in [5.41, 5.74) is 2.56. The van der Waals surface area contributed by atoms with Crippen molar-refractivity contribution in [2.45, 2.75) is 57.7 Å². The number of hydrogen-bond donors (Lipinski definition) is 1. The average molecular weight is 409 g/mol. The zero-order valence-electron chi connectivity index (χ0n) is 18.2. The van der Waals surface area contributed by atoms with Crippen LogP contribution in [0.5, 0.6) is 11.5 Å². The molecule has 1 atom stereocenters. The number of amides is 1. The lowest BCUT2D eigenvalue weighted by Crippen LogP contribution is -2.41. The van der Waals surface area contributed by atoms with Gasteiger partial charge in [0.1, 0.15) is 17.1 Å². The molecule has 0 spiro atoms. The lowest BCUT2D eigenvalue weighted by molar-refractivity contribution is 0.0618. The van der Waals surface area contributed by atoms with Crippen molar-refractivity contribution < 1.29 is 14.3 Å². The Balaban J connectivity index is 1.46. The Hall–Kier alpha value is -2.53. The lowest BCUT2D eigenvalue weighted by atomic mass is 9.89. The van der Waals surface area contributed by atoms with E-state index in [0.29, 0.717) is 12.0 Å². The number of piperidine rings is 1. The predicted molar refractivity (Wildman–Crippen MR) is 118 cm³/mol. The highest BCUT2D eigenvalue weighted by atomic mass is 16.5. The summed E-state index contributed by atoms with van der Waals surface area (Å²) in [6.07, 6.45) is 4.61. The molecule has 0 bridgehead atoms. The third-order valence-corrected chi connectivity index (χ3v) is 6.05. The number of rotatable bonds is 5. The van der Waals surface area contributed by atoms with Crippen LogP contribution in [0.3, 0.4) is 0 Å². The molecule has 0 aliphatic carbocycles. The molecule has 1 N–H and O–H groups in total. The van der Waals surface area contributed by atoms with Crippen molar-refractivity contribution in [3.05, 3.63) is 59.2 Å². The lowest BCUT2D eigenvalue weighted by Gasteiger charge is -2.38. The average Bonchev–Trinajstić information content (AvgIpc) is 2.74. The molecule has 2 aromatic carbocycles. The Labute approximate surface area is 179 Å². The summed E-state index contributed by atoms with van der Waals surface area (Å²) in [5, 5.41) is 3.21. The van der Waals surface area contributed by atoms with Gasteiger partial charge in [-0.25, -0.2) is 0 Å². The van der Waals surface area contributed by atoms with Crippen LogP contribution in [-0.2, 0) is 6.54 Å². The molecule has 5 heteroatoms. The fourth-order valence-electron chi connectivity index (χ4n) is 4.47. The van der Waals surface area contributed by atoms with Crippen LogP contribution in [-0.4, -0.2) is 36.6 Å². The molecule has 1 saturated heterocycles. The Morgan fingerprint density at radius 2 is 1.87 bits per heavy atom. The number of carbonyl (C=O) groups is 1. The van der Waals surface area contributed by atoms with Gasteiger partial charge in [-0.1, -0.05) is 18.6 Å². The van der Waals surface area contributed by atoms with Crippen molar-refractivity contribution in [2.24, 2.45) is 0 Å². The Bertz CT molecular complexity index is 886. The molecule has 2 aliphatic rings. The first-order valence-corrected chi connectivity index (χ1v) is 10.9. The van der Waals surface area contributed by atoms with Crippen molar-refractivity contribution >= 4 is 5.91 Å². The number of likely N-dealkylation sites (tertiary alicyclic amines) is 1. The minimum Gasteiger partial charge on any atom is -0.497 e. The van der Waals surface area contributed by atoms with Crippen LogP contribution in [0.2, 0.25) is 0 Å². The molecule has 160 valence electrons. The summed E-state index contributed by atoms with van der Waals surface area (Å²) in [6, 6.07) is 13.7. The maximum Gasteiger partial charge on any atom is 0.251 e. The fraction of sp³-hybridized carbons (Fsp3) is 0.480. The number of carbonyl (C=O) groups excluding carboxylic acids is 1. The molecule has 0 saturated carbocycles. The van der Waals surface area contributed by atoms with E-state index in [1.165, 1.54) is 37.9 Å². The number of methoxy groups -OCH3 is 1. The van der Waals surface area contributed by atoms with Crippen molar-refractivity contribution in [2.75, 3.05) is 20.2 Å². The van der Waals surface area contributed by atoms with Gasteiger partial charge >= 0.3 is 0 Å². The number of nitrogens with zero attached hydrogens (tertiary/aromatic N) is 1. The molecule has 30 heavy (non-hydrogen) atoms. The van der Waals surface area contributed by atoms with E-state index in [0.717, 1.165) is 23.6 Å². The maximum absolute atomic E-state index is 13.0. The summed E-state index contributed by atoms with van der Waals surface area (Å²) in [5.74, 6) is 1.50. The number of hydrogen-bond acceptors (Lipinski definition) is 4. The van der Waals surface area contributed by atoms with Gasteiger partial charge in [-0.05, 0) is 75.7 Å². The van der Waals surface area contributed by atoms with Crippen molar-refractivity contribution in [3.63, 3.8) is 0 Å². The second-order valence-corrected chi connectivity index (χ2v) is 9.03. The maximum atomic E-state index is 13.0. The van der Waals surface area contributed by atoms with E-state index < -0.39 is 0 Å². The monoisotopic (exact) mass is 408 g/mol. The summed E-state index contributed by atoms with van der Waals surface area (Å²) in [6.45, 7) is 7.40. The van der Waals surface area contributed by atoms with Crippen LogP contribution in [0, 0.1) is 0 Å². The van der Waals surface area contributed by atoms with Crippen LogP contribution in [0.25, 0.3) is 0 Å². The number of nitrogens with one attached hydrogen (secondary N) is 1. The zero-order chi connectivity index (χ0) is 21.1. The second kappa shape index (κ2) is 8.68. The van der Waals surface area contributed by atoms with E-state index in [9.17, 15) is 4.79 Å². The van der Waals surface area contributed by atoms with E-state index in [2.05, 4.69) is 36.2 Å². The van der Waals surface area contributed by atoms with Gasteiger partial charge in [-0.15, -0.1) is 0 Å². The van der Waals surface area contributed by atoms with Gasteiger partial charge in [-0.2, -0.15) is 0 Å². The topological polar surface area (TPSA) is 50.8 Å². The molecule has 2 aliphatic heterocycles. The van der Waals surface area contributed by atoms with E-state index in [1.807, 2.05) is 30.3 Å². The second-order valence-electron chi connectivity index (χ2n) is 9.03. The minimum atomic E-state index is -0.349. The van der Waals surface area contributed by atoms with Gasteiger partial charge in [0, 0.05) is 24.1 Å². The first-order valence-electron chi connectivity index (χ1n) is 10.9. The minimum absolute atomic E-state index is 0.0593. The van der Waals surface area contributed by atoms with Gasteiger partial charge < -0.3 is 14.8 Å². The Morgan fingerprint density at radius 3 is 2.57 bits per heavy atom. The molecule has 2 aromatic rings.